The second kappa shape index (κ2) is 12.0. The standard InChI is InChI=1S/C16H22N4O10P2S/c1-9-13(5-6-28-31(25)30-32(26,27)29-24)33-16(12(21)3-4-14(22)23)20(9)8-11-7-18-10(2)19-15(11)17/h7,12,21H,3-6,8H2,1-2H3,(H3-2,17,18,19,22,23,24,26,27)/p+2. The number of phosphoric acid groups is 1. The van der Waals surface area contributed by atoms with Crippen molar-refractivity contribution in [3.63, 3.8) is 0 Å². The van der Waals surface area contributed by atoms with Crippen LogP contribution in [0.1, 0.15) is 45.9 Å². The van der Waals surface area contributed by atoms with Gasteiger partial charge in [-0.2, -0.15) is 4.57 Å². The van der Waals surface area contributed by atoms with Gasteiger partial charge in [-0.15, -0.1) is 9.20 Å². The zero-order chi connectivity index (χ0) is 24.8. The molecule has 14 nitrogen and oxygen atoms in total. The monoisotopic (exact) mass is 526 g/mol. The molecule has 0 radical (unpaired) electrons. The normalized spacial score (nSPS) is 14.6. The maximum Gasteiger partial charge on any atom is 0.708 e. The Hall–Kier alpha value is -1.93. The first kappa shape index (κ1) is 27.3. The molecule has 2 rings (SSSR count). The molecule has 6 N–H and O–H groups in total. The lowest BCUT2D eigenvalue weighted by atomic mass is 10.2. The predicted octanol–water partition coefficient (Wildman–Crippen LogP) is 1.79. The number of aliphatic hydroxyl groups excluding tert-OH is 1. The number of rotatable bonds is 13. The second-order valence-corrected chi connectivity index (χ2v) is 10.3. The Kier molecular flexibility index (Phi) is 9.91. The number of hydrogen-bond acceptors (Lipinski definition) is 12. The van der Waals surface area contributed by atoms with E-state index in [4.69, 9.17) is 25.5 Å². The topological polar surface area (TPSA) is 216 Å². The summed E-state index contributed by atoms with van der Waals surface area (Å²) in [5.74, 6) is -0.279. The van der Waals surface area contributed by atoms with Crippen molar-refractivity contribution >= 4 is 39.2 Å². The van der Waals surface area contributed by atoms with E-state index in [1.807, 2.05) is 0 Å². The molecule has 0 fully saturated rings. The summed E-state index contributed by atoms with van der Waals surface area (Å²) in [5.41, 5.74) is 7.29. The van der Waals surface area contributed by atoms with Gasteiger partial charge in [0.15, 0.2) is 12.2 Å². The summed E-state index contributed by atoms with van der Waals surface area (Å²) >= 11 is 1.20. The molecule has 0 amide bonds. The van der Waals surface area contributed by atoms with Gasteiger partial charge < -0.3 is 15.9 Å². The van der Waals surface area contributed by atoms with E-state index in [-0.39, 0.29) is 38.2 Å². The van der Waals surface area contributed by atoms with Crippen LogP contribution in [0.3, 0.4) is 0 Å². The Morgan fingerprint density at radius 3 is 2.73 bits per heavy atom. The maximum atomic E-state index is 11.6. The summed E-state index contributed by atoms with van der Waals surface area (Å²) in [7, 11) is -7.94. The van der Waals surface area contributed by atoms with Crippen molar-refractivity contribution in [3.05, 3.63) is 33.2 Å². The molecule has 2 aromatic rings. The fourth-order valence-corrected chi connectivity index (χ4v) is 5.25. The largest absolute Gasteiger partial charge is 0.708 e. The van der Waals surface area contributed by atoms with Gasteiger partial charge >= 0.3 is 22.0 Å². The zero-order valence-corrected chi connectivity index (χ0v) is 20.3. The van der Waals surface area contributed by atoms with Crippen LogP contribution in [-0.4, -0.2) is 42.9 Å². The van der Waals surface area contributed by atoms with Crippen molar-refractivity contribution in [1.29, 1.82) is 0 Å². The lowest BCUT2D eigenvalue weighted by Gasteiger charge is -2.07. The molecule has 0 aliphatic carbocycles. The van der Waals surface area contributed by atoms with Crippen LogP contribution in [0.25, 0.3) is 0 Å². The number of anilines is 1. The third-order valence-corrected chi connectivity index (χ3v) is 7.77. The number of nitrogens with zero attached hydrogens (tertiary/aromatic N) is 3. The number of nitrogens with two attached hydrogens (primary N) is 1. The number of aliphatic hydroxyl groups is 1. The van der Waals surface area contributed by atoms with E-state index in [1.54, 1.807) is 24.6 Å². The molecule has 0 aromatic carbocycles. The quantitative estimate of drug-likeness (QED) is 0.109. The van der Waals surface area contributed by atoms with E-state index < -0.39 is 28.2 Å². The summed E-state index contributed by atoms with van der Waals surface area (Å²) in [6.45, 7) is 3.48. The highest BCUT2D eigenvalue weighted by molar-refractivity contribution is 7.55. The second-order valence-electron chi connectivity index (χ2n) is 6.75. The molecule has 182 valence electrons. The molecule has 0 spiro atoms. The average Bonchev–Trinajstić information content (AvgIpc) is 3.03. The Labute approximate surface area is 193 Å². The number of carbonyl (C=O) groups is 1. The van der Waals surface area contributed by atoms with Gasteiger partial charge in [-0.05, 0) is 17.7 Å². The average molecular weight is 526 g/mol. The number of aryl methyl sites for hydroxylation is 1. The Morgan fingerprint density at radius 2 is 2.12 bits per heavy atom. The van der Waals surface area contributed by atoms with Crippen molar-refractivity contribution in [1.82, 2.24) is 9.97 Å². The summed E-state index contributed by atoms with van der Waals surface area (Å²) < 4.78 is 36.5. The Morgan fingerprint density at radius 1 is 1.42 bits per heavy atom. The molecule has 0 aliphatic heterocycles. The van der Waals surface area contributed by atoms with E-state index in [2.05, 4.69) is 19.0 Å². The highest BCUT2D eigenvalue weighted by Gasteiger charge is 2.38. The van der Waals surface area contributed by atoms with Gasteiger partial charge in [0.1, 0.15) is 24.4 Å². The highest BCUT2D eigenvalue weighted by atomic mass is 32.1. The van der Waals surface area contributed by atoms with Gasteiger partial charge in [0.05, 0.1) is 10.4 Å². The van der Waals surface area contributed by atoms with E-state index in [0.717, 1.165) is 0 Å². The zero-order valence-electron chi connectivity index (χ0n) is 17.7. The number of carboxylic acid groups (broad SMARTS) is 1. The van der Waals surface area contributed by atoms with Gasteiger partial charge in [-0.3, -0.25) is 9.69 Å². The molecule has 0 saturated carbocycles. The SMILES string of the molecule is Cc1ncc(C[n+]2c(C(O)CCC(=O)O)sc(CCO[P+](=O)OP(=O)(O)OO)c2C)c(N)n1. The van der Waals surface area contributed by atoms with Gasteiger partial charge in [0, 0.05) is 30.5 Å². The van der Waals surface area contributed by atoms with Crippen LogP contribution in [0.4, 0.5) is 5.82 Å². The number of carboxylic acids is 1. The molecule has 0 bridgehead atoms. The third-order valence-electron chi connectivity index (χ3n) is 4.36. The van der Waals surface area contributed by atoms with Gasteiger partial charge in [-0.25, -0.2) is 19.8 Å². The molecule has 0 saturated heterocycles. The van der Waals surface area contributed by atoms with Crippen LogP contribution in [0.2, 0.25) is 0 Å². The van der Waals surface area contributed by atoms with E-state index in [1.165, 1.54) is 11.3 Å². The van der Waals surface area contributed by atoms with Crippen molar-refractivity contribution in [2.45, 2.75) is 45.8 Å². The number of nitrogen functional groups attached to an aromatic ring is 1. The van der Waals surface area contributed by atoms with E-state index >= 15 is 0 Å². The van der Waals surface area contributed by atoms with Crippen LogP contribution < -0.4 is 10.3 Å². The van der Waals surface area contributed by atoms with Crippen LogP contribution in [0, 0.1) is 13.8 Å². The molecule has 2 aromatic heterocycles. The van der Waals surface area contributed by atoms with Crippen molar-refractivity contribution in [2.24, 2.45) is 0 Å². The molecule has 3 unspecified atom stereocenters. The molecular weight excluding hydrogens is 502 g/mol. The van der Waals surface area contributed by atoms with Crippen LogP contribution in [0.5, 0.6) is 0 Å². The van der Waals surface area contributed by atoms with Gasteiger partial charge in [-0.1, -0.05) is 11.3 Å². The van der Waals surface area contributed by atoms with Crippen LogP contribution in [0.15, 0.2) is 6.20 Å². The smallest absolute Gasteiger partial charge is 0.481 e. The van der Waals surface area contributed by atoms with Crippen molar-refractivity contribution < 1.29 is 52.4 Å². The van der Waals surface area contributed by atoms with Crippen molar-refractivity contribution in [3.8, 4) is 0 Å². The first-order chi connectivity index (χ1) is 15.4. The predicted molar refractivity (Wildman–Crippen MR) is 113 cm³/mol. The molecule has 2 heterocycles. The third kappa shape index (κ3) is 8.10. The van der Waals surface area contributed by atoms with Crippen LogP contribution >= 0.6 is 27.4 Å². The number of hydrogen-bond donors (Lipinski definition) is 5. The summed E-state index contributed by atoms with van der Waals surface area (Å²) in [5, 5.41) is 28.2. The Balaban J connectivity index is 2.23. The summed E-state index contributed by atoms with van der Waals surface area (Å²) in [4.78, 5) is 28.8. The fraction of sp³-hybridized carbons (Fsp3) is 0.500. The minimum Gasteiger partial charge on any atom is -0.481 e. The van der Waals surface area contributed by atoms with Crippen LogP contribution in [-0.2, 0) is 40.4 Å². The number of aliphatic carboxylic acids is 1. The first-order valence-electron chi connectivity index (χ1n) is 9.39. The molecule has 3 atom stereocenters. The fourth-order valence-electron chi connectivity index (χ4n) is 2.77. The number of thiazole rings is 1. The van der Waals surface area contributed by atoms with E-state index in [9.17, 15) is 19.0 Å². The lowest BCUT2D eigenvalue weighted by molar-refractivity contribution is -0.700. The maximum absolute atomic E-state index is 11.6. The van der Waals surface area contributed by atoms with Crippen molar-refractivity contribution in [2.75, 3.05) is 12.3 Å². The van der Waals surface area contributed by atoms with Gasteiger partial charge in [0.25, 0.3) is 5.01 Å². The molecule has 17 heteroatoms. The summed E-state index contributed by atoms with van der Waals surface area (Å²) in [6.07, 6.45) is 0.420. The lowest BCUT2D eigenvalue weighted by Crippen LogP contribution is -2.41. The minimum absolute atomic E-state index is 0.0161. The Bertz CT molecular complexity index is 1070. The van der Waals surface area contributed by atoms with E-state index in [0.29, 0.717) is 27.0 Å². The molecular formula is C16H24N4O10P2S+2. The summed E-state index contributed by atoms with van der Waals surface area (Å²) in [6, 6.07) is 0. The first-order valence-corrected chi connectivity index (χ1v) is 12.8. The van der Waals surface area contributed by atoms with Gasteiger partial charge in [0.2, 0.25) is 0 Å². The highest BCUT2D eigenvalue weighted by Crippen LogP contribution is 2.51. The minimum atomic E-state index is -4.89. The molecule has 33 heavy (non-hydrogen) atoms. The molecule has 0 aliphatic rings. The number of aromatic nitrogens is 3.